The van der Waals surface area contributed by atoms with Gasteiger partial charge in [-0.25, -0.2) is 0 Å². The fourth-order valence-corrected chi connectivity index (χ4v) is 2.52. The maximum Gasteiger partial charge on any atom is 0.240 e. The Morgan fingerprint density at radius 3 is 2.80 bits per heavy atom. The number of nitrogens with one attached hydrogen (secondary N) is 1. The van der Waals surface area contributed by atoms with Gasteiger partial charge in [-0.15, -0.1) is 0 Å². The maximum atomic E-state index is 12.1. The Bertz CT molecular complexity index is 259. The SMILES string of the molecule is O=C1C(NC2CC2)CCN1C1CCOC1. The van der Waals surface area contributed by atoms with Gasteiger partial charge in [0.25, 0.3) is 0 Å². The van der Waals surface area contributed by atoms with Crippen LogP contribution in [0.15, 0.2) is 0 Å². The zero-order valence-electron chi connectivity index (χ0n) is 8.95. The molecule has 2 aliphatic heterocycles. The minimum Gasteiger partial charge on any atom is -0.379 e. The molecule has 1 saturated carbocycles. The van der Waals surface area contributed by atoms with E-state index < -0.39 is 0 Å². The van der Waals surface area contributed by atoms with Crippen molar-refractivity contribution in [2.75, 3.05) is 19.8 Å². The molecule has 3 aliphatic rings. The molecule has 4 nitrogen and oxygen atoms in total. The molecule has 0 aromatic rings. The third-order valence-corrected chi connectivity index (χ3v) is 3.60. The van der Waals surface area contributed by atoms with Crippen LogP contribution in [0.1, 0.15) is 25.7 Å². The minimum atomic E-state index is 0.0955. The Morgan fingerprint density at radius 1 is 1.27 bits per heavy atom. The normalized spacial score (nSPS) is 36.5. The van der Waals surface area contributed by atoms with Crippen molar-refractivity contribution in [2.24, 2.45) is 0 Å². The lowest BCUT2D eigenvalue weighted by atomic mass is 10.2. The first-order chi connectivity index (χ1) is 7.34. The van der Waals surface area contributed by atoms with Gasteiger partial charge >= 0.3 is 0 Å². The second-order valence-corrected chi connectivity index (χ2v) is 4.83. The van der Waals surface area contributed by atoms with E-state index in [0.717, 1.165) is 32.6 Å². The van der Waals surface area contributed by atoms with Crippen LogP contribution in [-0.4, -0.2) is 48.7 Å². The molecule has 1 amide bonds. The molecule has 3 fully saturated rings. The summed E-state index contributed by atoms with van der Waals surface area (Å²) in [6, 6.07) is 1.07. The molecule has 4 heteroatoms. The molecule has 15 heavy (non-hydrogen) atoms. The molecule has 0 aromatic heterocycles. The first kappa shape index (κ1) is 9.60. The number of nitrogens with zero attached hydrogens (tertiary/aromatic N) is 1. The van der Waals surface area contributed by atoms with Gasteiger partial charge in [-0.2, -0.15) is 0 Å². The van der Waals surface area contributed by atoms with E-state index in [0.29, 0.717) is 18.0 Å². The lowest BCUT2D eigenvalue weighted by Crippen LogP contribution is -2.43. The Morgan fingerprint density at radius 2 is 2.13 bits per heavy atom. The van der Waals surface area contributed by atoms with Gasteiger partial charge in [0.15, 0.2) is 0 Å². The van der Waals surface area contributed by atoms with Crippen LogP contribution in [0.3, 0.4) is 0 Å². The fraction of sp³-hybridized carbons (Fsp3) is 0.909. The summed E-state index contributed by atoms with van der Waals surface area (Å²) in [4.78, 5) is 14.1. The maximum absolute atomic E-state index is 12.1. The van der Waals surface area contributed by atoms with Crippen molar-refractivity contribution < 1.29 is 9.53 Å². The van der Waals surface area contributed by atoms with E-state index in [9.17, 15) is 4.79 Å². The quantitative estimate of drug-likeness (QED) is 0.720. The molecule has 84 valence electrons. The number of rotatable bonds is 3. The molecular formula is C11H18N2O2. The van der Waals surface area contributed by atoms with Crippen LogP contribution in [0.4, 0.5) is 0 Å². The predicted molar refractivity (Wildman–Crippen MR) is 55.5 cm³/mol. The summed E-state index contributed by atoms with van der Waals surface area (Å²) in [6.45, 7) is 2.47. The standard InChI is InChI=1S/C11H18N2O2/c14-11-10(12-8-1-2-8)3-5-13(11)9-4-6-15-7-9/h8-10,12H,1-7H2. The van der Waals surface area contributed by atoms with Crippen LogP contribution < -0.4 is 5.32 Å². The molecule has 2 saturated heterocycles. The molecule has 0 bridgehead atoms. The number of carbonyl (C=O) groups excluding carboxylic acids is 1. The second kappa shape index (κ2) is 3.76. The van der Waals surface area contributed by atoms with Crippen molar-refractivity contribution in [3.05, 3.63) is 0 Å². The molecule has 0 aromatic carbocycles. The Kier molecular flexibility index (Phi) is 2.41. The number of ether oxygens (including phenoxy) is 1. The third kappa shape index (κ3) is 1.88. The van der Waals surface area contributed by atoms with E-state index >= 15 is 0 Å². The number of amides is 1. The molecule has 2 heterocycles. The molecule has 0 radical (unpaired) electrons. The molecule has 2 atom stereocenters. The van der Waals surface area contributed by atoms with Crippen LogP contribution >= 0.6 is 0 Å². The number of hydrogen-bond acceptors (Lipinski definition) is 3. The highest BCUT2D eigenvalue weighted by molar-refractivity contribution is 5.84. The van der Waals surface area contributed by atoms with Crippen LogP contribution in [0.2, 0.25) is 0 Å². The van der Waals surface area contributed by atoms with Gasteiger partial charge in [0.2, 0.25) is 5.91 Å². The highest BCUT2D eigenvalue weighted by Gasteiger charge is 2.39. The monoisotopic (exact) mass is 210 g/mol. The van der Waals surface area contributed by atoms with Gasteiger partial charge < -0.3 is 15.0 Å². The molecule has 1 aliphatic carbocycles. The second-order valence-electron chi connectivity index (χ2n) is 4.83. The Labute approximate surface area is 90.0 Å². The molecule has 3 rings (SSSR count). The zero-order valence-corrected chi connectivity index (χ0v) is 8.95. The van der Waals surface area contributed by atoms with Gasteiger partial charge in [-0.3, -0.25) is 4.79 Å². The highest BCUT2D eigenvalue weighted by Crippen LogP contribution is 2.24. The topological polar surface area (TPSA) is 41.6 Å². The van der Waals surface area contributed by atoms with E-state index in [1.807, 2.05) is 4.90 Å². The van der Waals surface area contributed by atoms with Crippen LogP contribution in [-0.2, 0) is 9.53 Å². The highest BCUT2D eigenvalue weighted by atomic mass is 16.5. The summed E-state index contributed by atoms with van der Waals surface area (Å²) in [7, 11) is 0. The van der Waals surface area contributed by atoms with Gasteiger partial charge in [-0.05, 0) is 25.7 Å². The summed E-state index contributed by atoms with van der Waals surface area (Å²) in [6.07, 6.45) is 4.49. The van der Waals surface area contributed by atoms with E-state index in [-0.39, 0.29) is 6.04 Å². The largest absolute Gasteiger partial charge is 0.379 e. The zero-order chi connectivity index (χ0) is 10.3. The molecule has 2 unspecified atom stereocenters. The Balaban J connectivity index is 1.59. The molecule has 0 spiro atoms. The Hall–Kier alpha value is -0.610. The number of carbonyl (C=O) groups is 1. The summed E-state index contributed by atoms with van der Waals surface area (Å²) < 4.78 is 5.33. The van der Waals surface area contributed by atoms with E-state index in [1.165, 1.54) is 12.8 Å². The average Bonchev–Trinajstić information content (AvgIpc) is 2.75. The summed E-state index contributed by atoms with van der Waals surface area (Å²) >= 11 is 0. The summed E-state index contributed by atoms with van der Waals surface area (Å²) in [5, 5.41) is 3.42. The fourth-order valence-electron chi connectivity index (χ4n) is 2.52. The average molecular weight is 210 g/mol. The third-order valence-electron chi connectivity index (χ3n) is 3.60. The van der Waals surface area contributed by atoms with Gasteiger partial charge in [0.05, 0.1) is 18.7 Å². The molecular weight excluding hydrogens is 192 g/mol. The van der Waals surface area contributed by atoms with Crippen LogP contribution in [0, 0.1) is 0 Å². The van der Waals surface area contributed by atoms with Crippen molar-refractivity contribution in [3.63, 3.8) is 0 Å². The smallest absolute Gasteiger partial charge is 0.240 e. The summed E-state index contributed by atoms with van der Waals surface area (Å²) in [5.41, 5.74) is 0. The van der Waals surface area contributed by atoms with Gasteiger partial charge in [0.1, 0.15) is 0 Å². The molecule has 1 N–H and O–H groups in total. The van der Waals surface area contributed by atoms with Crippen molar-refractivity contribution in [2.45, 2.75) is 43.8 Å². The minimum absolute atomic E-state index is 0.0955. The van der Waals surface area contributed by atoms with Crippen LogP contribution in [0.5, 0.6) is 0 Å². The van der Waals surface area contributed by atoms with Crippen molar-refractivity contribution in [3.8, 4) is 0 Å². The van der Waals surface area contributed by atoms with Gasteiger partial charge in [0, 0.05) is 19.2 Å². The van der Waals surface area contributed by atoms with Gasteiger partial charge in [-0.1, -0.05) is 0 Å². The van der Waals surface area contributed by atoms with E-state index in [1.54, 1.807) is 0 Å². The summed E-state index contributed by atoms with van der Waals surface area (Å²) in [5.74, 6) is 0.303. The van der Waals surface area contributed by atoms with Crippen LogP contribution in [0.25, 0.3) is 0 Å². The van der Waals surface area contributed by atoms with E-state index in [2.05, 4.69) is 5.32 Å². The van der Waals surface area contributed by atoms with E-state index in [4.69, 9.17) is 4.74 Å². The predicted octanol–water partition coefficient (Wildman–Crippen LogP) is 0.128. The van der Waals surface area contributed by atoms with Crippen molar-refractivity contribution in [1.82, 2.24) is 10.2 Å². The van der Waals surface area contributed by atoms with Crippen molar-refractivity contribution >= 4 is 5.91 Å². The first-order valence-electron chi connectivity index (χ1n) is 5.99. The number of hydrogen-bond donors (Lipinski definition) is 1. The number of likely N-dealkylation sites (tertiary alicyclic amines) is 1. The first-order valence-corrected chi connectivity index (χ1v) is 5.99. The lowest BCUT2D eigenvalue weighted by Gasteiger charge is -2.22. The van der Waals surface area contributed by atoms with Crippen molar-refractivity contribution in [1.29, 1.82) is 0 Å². The lowest BCUT2D eigenvalue weighted by molar-refractivity contribution is -0.131.